The normalized spacial score (nSPS) is 13.1. The molecule has 2 aromatic carbocycles. The lowest BCUT2D eigenvalue weighted by Crippen LogP contribution is -2.42. The molecule has 0 N–H and O–H groups in total. The van der Waals surface area contributed by atoms with Crippen LogP contribution in [0.3, 0.4) is 0 Å². The molecular weight excluding hydrogens is 422 g/mol. The Balaban J connectivity index is 2.14. The van der Waals surface area contributed by atoms with Gasteiger partial charge in [-0.05, 0) is 43.4 Å². The maximum atomic E-state index is 13.8. The highest BCUT2D eigenvalue weighted by Crippen LogP contribution is 2.28. The van der Waals surface area contributed by atoms with Crippen LogP contribution in [0.2, 0.25) is 0 Å². The average Bonchev–Trinajstić information content (AvgIpc) is 2.87. The SMILES string of the molecule is CCCCC(CC)C(=O)N(CCC)C(CC)c1nc2ccccc2c(=O)n1Cc1ccccc1. The fraction of sp³-hybridized carbons (Fsp3) is 0.483. The van der Waals surface area contributed by atoms with Gasteiger partial charge < -0.3 is 4.90 Å². The molecule has 3 aromatic rings. The van der Waals surface area contributed by atoms with E-state index in [0.29, 0.717) is 36.2 Å². The molecule has 1 amide bonds. The topological polar surface area (TPSA) is 55.2 Å². The third kappa shape index (κ3) is 5.75. The molecule has 0 bridgehead atoms. The molecule has 0 saturated carbocycles. The fourth-order valence-corrected chi connectivity index (χ4v) is 4.75. The highest BCUT2D eigenvalue weighted by Gasteiger charge is 2.31. The first-order chi connectivity index (χ1) is 16.5. The number of hydrogen-bond donors (Lipinski definition) is 0. The van der Waals surface area contributed by atoms with E-state index in [9.17, 15) is 9.59 Å². The second kappa shape index (κ2) is 12.5. The molecular formula is C29H39N3O2. The van der Waals surface area contributed by atoms with Gasteiger partial charge in [-0.3, -0.25) is 14.2 Å². The summed E-state index contributed by atoms with van der Waals surface area (Å²) in [6.45, 7) is 9.55. The van der Waals surface area contributed by atoms with E-state index in [1.165, 1.54) is 0 Å². The van der Waals surface area contributed by atoms with E-state index in [2.05, 4.69) is 27.7 Å². The number of fused-ring (bicyclic) bond motifs is 1. The first kappa shape index (κ1) is 25.7. The summed E-state index contributed by atoms with van der Waals surface area (Å²) in [6, 6.07) is 17.3. The molecule has 2 unspecified atom stereocenters. The minimum atomic E-state index is -0.246. The predicted octanol–water partition coefficient (Wildman–Crippen LogP) is 6.35. The molecule has 182 valence electrons. The van der Waals surface area contributed by atoms with Gasteiger partial charge in [-0.2, -0.15) is 0 Å². The number of aromatic nitrogens is 2. The van der Waals surface area contributed by atoms with Gasteiger partial charge in [0.15, 0.2) is 0 Å². The average molecular weight is 462 g/mol. The number of benzene rings is 2. The van der Waals surface area contributed by atoms with Crippen LogP contribution in [0.5, 0.6) is 0 Å². The van der Waals surface area contributed by atoms with Crippen molar-refractivity contribution in [3.05, 3.63) is 76.3 Å². The Morgan fingerprint density at radius 2 is 1.65 bits per heavy atom. The first-order valence-electron chi connectivity index (χ1n) is 12.9. The van der Waals surface area contributed by atoms with Crippen LogP contribution in [0.1, 0.15) is 83.6 Å². The van der Waals surface area contributed by atoms with Crippen LogP contribution < -0.4 is 5.56 Å². The number of nitrogens with zero attached hydrogens (tertiary/aromatic N) is 3. The minimum Gasteiger partial charge on any atom is -0.332 e. The maximum Gasteiger partial charge on any atom is 0.261 e. The van der Waals surface area contributed by atoms with E-state index in [1.807, 2.05) is 59.5 Å². The molecule has 1 heterocycles. The van der Waals surface area contributed by atoms with Crippen LogP contribution in [0.15, 0.2) is 59.4 Å². The van der Waals surface area contributed by atoms with E-state index in [4.69, 9.17) is 4.98 Å². The Labute approximate surface area is 203 Å². The van der Waals surface area contributed by atoms with Gasteiger partial charge in [0.1, 0.15) is 5.82 Å². The Bertz CT molecular complexity index is 1120. The van der Waals surface area contributed by atoms with Crippen molar-refractivity contribution in [3.63, 3.8) is 0 Å². The van der Waals surface area contributed by atoms with Crippen molar-refractivity contribution >= 4 is 16.8 Å². The Kier molecular flexibility index (Phi) is 9.43. The lowest BCUT2D eigenvalue weighted by molar-refractivity contribution is -0.139. The summed E-state index contributed by atoms with van der Waals surface area (Å²) in [5.41, 5.74) is 1.68. The molecule has 0 aliphatic rings. The predicted molar refractivity (Wildman–Crippen MR) is 140 cm³/mol. The Morgan fingerprint density at radius 1 is 0.941 bits per heavy atom. The van der Waals surface area contributed by atoms with Crippen molar-refractivity contribution in [2.75, 3.05) is 6.54 Å². The van der Waals surface area contributed by atoms with E-state index < -0.39 is 0 Å². The van der Waals surface area contributed by atoms with E-state index in [1.54, 1.807) is 4.57 Å². The van der Waals surface area contributed by atoms with Crippen LogP contribution in [0, 0.1) is 5.92 Å². The number of unbranched alkanes of at least 4 members (excludes halogenated alkanes) is 1. The summed E-state index contributed by atoms with van der Waals surface area (Å²) in [7, 11) is 0. The number of rotatable bonds is 12. The molecule has 0 fully saturated rings. The summed E-state index contributed by atoms with van der Waals surface area (Å²) in [4.78, 5) is 34.5. The van der Waals surface area contributed by atoms with Crippen LogP contribution in [-0.4, -0.2) is 26.9 Å². The molecule has 5 nitrogen and oxygen atoms in total. The van der Waals surface area contributed by atoms with Gasteiger partial charge in [-0.25, -0.2) is 4.98 Å². The molecule has 0 spiro atoms. The van der Waals surface area contributed by atoms with Gasteiger partial charge in [0, 0.05) is 12.5 Å². The lowest BCUT2D eigenvalue weighted by atomic mass is 9.96. The lowest BCUT2D eigenvalue weighted by Gasteiger charge is -2.34. The summed E-state index contributed by atoms with van der Waals surface area (Å²) < 4.78 is 1.79. The van der Waals surface area contributed by atoms with Crippen molar-refractivity contribution in [3.8, 4) is 0 Å². The third-order valence-corrected chi connectivity index (χ3v) is 6.63. The van der Waals surface area contributed by atoms with Crippen LogP contribution >= 0.6 is 0 Å². The minimum absolute atomic E-state index is 0.00954. The number of para-hydroxylation sites is 1. The molecule has 2 atom stereocenters. The summed E-state index contributed by atoms with van der Waals surface area (Å²) in [5.74, 6) is 0.885. The summed E-state index contributed by atoms with van der Waals surface area (Å²) in [6.07, 6.45) is 5.44. The largest absolute Gasteiger partial charge is 0.332 e. The van der Waals surface area contributed by atoms with Crippen LogP contribution in [0.25, 0.3) is 10.9 Å². The first-order valence-corrected chi connectivity index (χ1v) is 12.9. The highest BCUT2D eigenvalue weighted by molar-refractivity contribution is 5.80. The standard InChI is InChI=1S/C29H39N3O2/c1-5-9-17-23(7-3)28(33)31(20-6-2)26(8-4)27-30-25-19-14-13-18-24(25)29(34)32(27)21-22-15-11-10-12-16-22/h10-16,18-19,23,26H,5-9,17,20-21H2,1-4H3. The maximum absolute atomic E-state index is 13.8. The molecule has 0 aliphatic carbocycles. The van der Waals surface area contributed by atoms with Gasteiger partial charge in [0.25, 0.3) is 5.56 Å². The van der Waals surface area contributed by atoms with Gasteiger partial charge in [0.2, 0.25) is 5.91 Å². The quantitative estimate of drug-likeness (QED) is 0.316. The molecule has 0 saturated heterocycles. The zero-order valence-corrected chi connectivity index (χ0v) is 21.2. The smallest absolute Gasteiger partial charge is 0.261 e. The fourth-order valence-electron chi connectivity index (χ4n) is 4.75. The molecule has 5 heteroatoms. The van der Waals surface area contributed by atoms with Crippen molar-refractivity contribution < 1.29 is 4.79 Å². The molecule has 1 aromatic heterocycles. The van der Waals surface area contributed by atoms with E-state index in [0.717, 1.165) is 37.7 Å². The second-order valence-corrected chi connectivity index (χ2v) is 9.07. The number of carbonyl (C=O) groups excluding carboxylic acids is 1. The molecule has 0 aliphatic heterocycles. The Morgan fingerprint density at radius 3 is 2.29 bits per heavy atom. The molecule has 34 heavy (non-hydrogen) atoms. The number of hydrogen-bond acceptors (Lipinski definition) is 3. The summed E-state index contributed by atoms with van der Waals surface area (Å²) >= 11 is 0. The van der Waals surface area contributed by atoms with Crippen molar-refractivity contribution in [1.29, 1.82) is 0 Å². The summed E-state index contributed by atoms with van der Waals surface area (Å²) in [5, 5.41) is 0.611. The zero-order chi connectivity index (χ0) is 24.5. The van der Waals surface area contributed by atoms with Crippen LogP contribution in [-0.2, 0) is 11.3 Å². The molecule has 3 rings (SSSR count). The van der Waals surface area contributed by atoms with Gasteiger partial charge in [0.05, 0.1) is 23.5 Å². The monoisotopic (exact) mass is 461 g/mol. The zero-order valence-electron chi connectivity index (χ0n) is 21.2. The number of carbonyl (C=O) groups is 1. The number of amides is 1. The van der Waals surface area contributed by atoms with E-state index in [-0.39, 0.29) is 23.4 Å². The van der Waals surface area contributed by atoms with Crippen molar-refractivity contribution in [2.24, 2.45) is 5.92 Å². The van der Waals surface area contributed by atoms with Crippen molar-refractivity contribution in [2.45, 2.75) is 78.8 Å². The van der Waals surface area contributed by atoms with Gasteiger partial charge in [-0.1, -0.05) is 83.0 Å². The van der Waals surface area contributed by atoms with Gasteiger partial charge >= 0.3 is 0 Å². The van der Waals surface area contributed by atoms with Crippen molar-refractivity contribution in [1.82, 2.24) is 14.5 Å². The highest BCUT2D eigenvalue weighted by atomic mass is 16.2. The second-order valence-electron chi connectivity index (χ2n) is 9.07. The Hall–Kier alpha value is -2.95. The van der Waals surface area contributed by atoms with Gasteiger partial charge in [-0.15, -0.1) is 0 Å². The van der Waals surface area contributed by atoms with E-state index >= 15 is 0 Å². The third-order valence-electron chi connectivity index (χ3n) is 6.63. The molecule has 0 radical (unpaired) electrons. The van der Waals surface area contributed by atoms with Crippen LogP contribution in [0.4, 0.5) is 0 Å².